The molecule has 5 heteroatoms. The normalized spacial score (nSPS) is 13.3. The second-order valence-corrected chi connectivity index (χ2v) is 30.2. The van der Waals surface area contributed by atoms with E-state index in [1.165, 1.54) is 137 Å². The number of fused-ring (bicyclic) bond motifs is 18. The molecule has 2 aliphatic heterocycles. The number of hydrogen-bond acceptors (Lipinski definition) is 2. The Labute approximate surface area is 534 Å². The summed E-state index contributed by atoms with van der Waals surface area (Å²) in [6.45, 7) is 27.6. The highest BCUT2D eigenvalue weighted by molar-refractivity contribution is 7.01. The van der Waals surface area contributed by atoms with Crippen molar-refractivity contribution in [2.24, 2.45) is 0 Å². The van der Waals surface area contributed by atoms with Gasteiger partial charge >= 0.3 is 0 Å². The van der Waals surface area contributed by atoms with Crippen LogP contribution in [0.2, 0.25) is 0 Å². The first kappa shape index (κ1) is 55.2. The van der Waals surface area contributed by atoms with Crippen LogP contribution in [0, 0.1) is 0 Å². The Morgan fingerprint density at radius 1 is 0.286 bits per heavy atom. The fourth-order valence-corrected chi connectivity index (χ4v) is 15.8. The maximum Gasteiger partial charge on any atom is 0.252 e. The number of rotatable bonds is 6. The summed E-state index contributed by atoms with van der Waals surface area (Å²) in [5, 5.41) is 15.1. The Morgan fingerprint density at radius 3 is 0.879 bits per heavy atom. The van der Waals surface area contributed by atoms with Crippen molar-refractivity contribution < 1.29 is 0 Å². The van der Waals surface area contributed by atoms with E-state index in [-0.39, 0.29) is 28.4 Å². The summed E-state index contributed by atoms with van der Waals surface area (Å²) < 4.78 is 5.47. The zero-order valence-corrected chi connectivity index (χ0v) is 54.4. The van der Waals surface area contributed by atoms with Crippen molar-refractivity contribution in [3.05, 3.63) is 259 Å². The van der Waals surface area contributed by atoms with E-state index in [1.54, 1.807) is 0 Å². The zero-order valence-electron chi connectivity index (χ0n) is 54.4. The van der Waals surface area contributed by atoms with Crippen LogP contribution in [0.5, 0.6) is 0 Å². The van der Waals surface area contributed by atoms with Crippen molar-refractivity contribution in [1.29, 1.82) is 0 Å². The van der Waals surface area contributed by atoms with Gasteiger partial charge < -0.3 is 18.9 Å². The maximum absolute atomic E-state index is 2.73. The molecule has 0 fully saturated rings. The highest BCUT2D eigenvalue weighted by Crippen LogP contribution is 2.54. The first-order valence-electron chi connectivity index (χ1n) is 32.7. The minimum atomic E-state index is -0.226. The van der Waals surface area contributed by atoms with Crippen LogP contribution in [0.1, 0.15) is 105 Å². The van der Waals surface area contributed by atoms with Crippen LogP contribution in [0.25, 0.3) is 98.1 Å². The molecule has 2 aromatic heterocycles. The van der Waals surface area contributed by atoms with Crippen molar-refractivity contribution >= 4 is 144 Å². The second-order valence-electron chi connectivity index (χ2n) is 30.2. The topological polar surface area (TPSA) is 16.3 Å². The minimum absolute atomic E-state index is 0.0554. The third-order valence-corrected chi connectivity index (χ3v) is 20.4. The molecule has 0 unspecified atom stereocenters. The van der Waals surface area contributed by atoms with E-state index in [9.17, 15) is 0 Å². The van der Waals surface area contributed by atoms with Crippen molar-refractivity contribution in [2.75, 3.05) is 9.80 Å². The number of anilines is 6. The van der Waals surface area contributed by atoms with Gasteiger partial charge in [0.1, 0.15) is 0 Å². The molecule has 442 valence electrons. The number of hydrogen-bond donors (Lipinski definition) is 0. The summed E-state index contributed by atoms with van der Waals surface area (Å²) in [4.78, 5) is 5.21. The molecule has 0 amide bonds. The lowest BCUT2D eigenvalue weighted by Gasteiger charge is -2.41. The minimum Gasteiger partial charge on any atom is -0.308 e. The molecule has 0 atom stereocenters. The van der Waals surface area contributed by atoms with E-state index in [2.05, 4.69) is 339 Å². The zero-order chi connectivity index (χ0) is 62.4. The lowest BCUT2D eigenvalue weighted by molar-refractivity contribution is 0.590. The number of aromatic nitrogens is 2. The third kappa shape index (κ3) is 8.22. The van der Waals surface area contributed by atoms with E-state index in [0.717, 1.165) is 34.1 Å². The fraction of sp³-hybridized carbons (Fsp3) is 0.186. The summed E-state index contributed by atoms with van der Waals surface area (Å²) in [6.07, 6.45) is 0. The molecule has 0 saturated carbocycles. The Hall–Kier alpha value is -9.84. The lowest BCUT2D eigenvalue weighted by Crippen LogP contribution is -2.60. The molecular formula is C86H75BN4. The highest BCUT2D eigenvalue weighted by atomic mass is 15.2. The molecule has 17 rings (SSSR count). The van der Waals surface area contributed by atoms with Gasteiger partial charge in [0.25, 0.3) is 6.71 Å². The molecule has 0 aliphatic carbocycles. The van der Waals surface area contributed by atoms with Crippen LogP contribution in [-0.2, 0) is 21.7 Å². The number of benzene rings is 13. The maximum atomic E-state index is 2.73. The van der Waals surface area contributed by atoms with Gasteiger partial charge in [0.2, 0.25) is 0 Å². The van der Waals surface area contributed by atoms with E-state index >= 15 is 0 Å². The first-order valence-corrected chi connectivity index (χ1v) is 32.7. The molecular weight excluding hydrogens is 1100 g/mol. The molecule has 4 nitrogen and oxygen atoms in total. The van der Waals surface area contributed by atoms with Crippen LogP contribution in [0.15, 0.2) is 237 Å². The molecule has 0 spiro atoms. The molecule has 91 heavy (non-hydrogen) atoms. The van der Waals surface area contributed by atoms with E-state index in [1.807, 2.05) is 0 Å². The van der Waals surface area contributed by atoms with E-state index < -0.39 is 0 Å². The third-order valence-electron chi connectivity index (χ3n) is 20.4. The molecule has 0 bridgehead atoms. The van der Waals surface area contributed by atoms with Gasteiger partial charge in [-0.1, -0.05) is 253 Å². The Balaban J connectivity index is 1.15. The summed E-state index contributed by atoms with van der Waals surface area (Å²) in [5.74, 6) is 0. The average Bonchev–Trinajstić information content (AvgIpc) is 1.56. The van der Waals surface area contributed by atoms with Crippen LogP contribution in [0.4, 0.5) is 34.1 Å². The predicted molar refractivity (Wildman–Crippen MR) is 394 cm³/mol. The molecule has 15 aromatic rings. The molecule has 4 heterocycles. The van der Waals surface area contributed by atoms with E-state index in [4.69, 9.17) is 0 Å². The van der Waals surface area contributed by atoms with Crippen LogP contribution < -0.4 is 26.2 Å². The van der Waals surface area contributed by atoms with Gasteiger partial charge in [-0.3, -0.25) is 0 Å². The van der Waals surface area contributed by atoms with Gasteiger partial charge in [-0.25, -0.2) is 0 Å². The Kier molecular flexibility index (Phi) is 11.7. The van der Waals surface area contributed by atoms with Crippen molar-refractivity contribution in [3.8, 4) is 11.4 Å². The van der Waals surface area contributed by atoms with Gasteiger partial charge in [0.05, 0.1) is 44.8 Å². The first-order chi connectivity index (χ1) is 43.7. The van der Waals surface area contributed by atoms with Gasteiger partial charge in [0, 0.05) is 44.3 Å². The molecule has 2 aliphatic rings. The fourth-order valence-electron chi connectivity index (χ4n) is 15.8. The summed E-state index contributed by atoms with van der Waals surface area (Å²) in [5.41, 5.74) is 22.7. The van der Waals surface area contributed by atoms with Crippen molar-refractivity contribution in [3.63, 3.8) is 0 Å². The van der Waals surface area contributed by atoms with Gasteiger partial charge in [-0.2, -0.15) is 0 Å². The van der Waals surface area contributed by atoms with Crippen LogP contribution >= 0.6 is 0 Å². The summed E-state index contributed by atoms with van der Waals surface area (Å²) >= 11 is 0. The van der Waals surface area contributed by atoms with Crippen LogP contribution in [-0.4, -0.2) is 15.8 Å². The van der Waals surface area contributed by atoms with Crippen molar-refractivity contribution in [2.45, 2.75) is 105 Å². The molecule has 0 saturated heterocycles. The smallest absolute Gasteiger partial charge is 0.252 e. The number of nitrogens with zero attached hydrogens (tertiary/aromatic N) is 4. The van der Waals surface area contributed by atoms with Crippen LogP contribution in [0.3, 0.4) is 0 Å². The summed E-state index contributed by atoms with van der Waals surface area (Å²) in [7, 11) is 0. The Morgan fingerprint density at radius 2 is 0.571 bits per heavy atom. The SMILES string of the molecule is CC(C)(C)c1ccc(N(c2ccc(C(C)(C)C)cc2)c2cc(N(c3ccc(C(C)(C)C)cc3)c3ccc(C(C)(C)C)cc3)c3c4c2-n2c5ccc6ccccc6c5c5c6ccccc6cc(c52)B4c2cc4ccccc4c4c5c6ccccc6ccc5n-3c24)cc1. The van der Waals surface area contributed by atoms with Crippen molar-refractivity contribution in [1.82, 2.24) is 9.13 Å². The second kappa shape index (κ2) is 19.3. The van der Waals surface area contributed by atoms with Gasteiger partial charge in [0.15, 0.2) is 0 Å². The monoisotopic (exact) mass is 1170 g/mol. The predicted octanol–water partition coefficient (Wildman–Crippen LogP) is 21.8. The molecule has 0 N–H and O–H groups in total. The Bertz CT molecular complexity index is 5080. The van der Waals surface area contributed by atoms with Gasteiger partial charge in [-0.15, -0.1) is 0 Å². The molecule has 13 aromatic carbocycles. The largest absolute Gasteiger partial charge is 0.308 e. The lowest BCUT2D eigenvalue weighted by atomic mass is 9.34. The standard InChI is InChI=1S/C86H75BN4/c1-83(2,3)56-31-39-60(40-32-56)88(61-41-33-57(34-42-61)84(4,5)6)72-51-73(89(62-43-35-58(36-44-62)85(7,8)9)63-45-37-59(38-46-63)86(10,11)12)82-78-81(72)90-70-47-29-52-21-13-17-25-64(52)74(70)76-66-27-19-15-23-54(66)49-68(79(76)90)87(78)69-50-55-24-16-20-28-67(55)77-75-65-26-18-14-22-53(65)30-48-71(75)91(82)80(69)77/h13-51H,1-12H3. The average molecular weight is 1180 g/mol. The molecule has 0 radical (unpaired) electrons. The van der Waals surface area contributed by atoms with Gasteiger partial charge in [-0.05, 0) is 170 Å². The highest BCUT2D eigenvalue weighted by Gasteiger charge is 2.46. The quantitative estimate of drug-likeness (QED) is 0.154. The van der Waals surface area contributed by atoms with E-state index in [0.29, 0.717) is 0 Å². The summed E-state index contributed by atoms with van der Waals surface area (Å²) in [6, 6.07) is 91.9.